The standard InChI is InChI=1S/C32H22N2.C20H14N2.C12H9Br/c1-3-10-23(11-4-1)24-12-9-15-26(22-24)34-31-17-8-7-16-27(31)28-18-19-30-29(32(28)34)20-21-33(30)25-13-5-2-6-14-25;1-2-6-14(7-3-1)22-13-12-17-19(22)11-10-16-15-8-4-5-9-18(15)21-20(16)17;13-12-8-4-7-11(9-12)10-5-2-1-3-6-10/h1-22H;1-13,21H;1-9H. The van der Waals surface area contributed by atoms with Crippen LogP contribution < -0.4 is 0 Å². The van der Waals surface area contributed by atoms with Gasteiger partial charge in [-0.1, -0.05) is 186 Å². The van der Waals surface area contributed by atoms with E-state index in [1.807, 2.05) is 24.3 Å². The van der Waals surface area contributed by atoms with Crippen molar-refractivity contribution < 1.29 is 0 Å². The normalized spacial score (nSPS) is 11.3. The third kappa shape index (κ3) is 7.89. The van der Waals surface area contributed by atoms with Crippen LogP contribution in [0.3, 0.4) is 0 Å². The minimum absolute atomic E-state index is 1.12. The quantitative estimate of drug-likeness (QED) is 0.178. The van der Waals surface area contributed by atoms with Gasteiger partial charge in [-0.05, 0) is 107 Å². The number of halogens is 1. The van der Waals surface area contributed by atoms with Crippen molar-refractivity contribution in [3.05, 3.63) is 272 Å². The van der Waals surface area contributed by atoms with Crippen LogP contribution in [-0.4, -0.2) is 18.7 Å². The molecular weight excluding hydrogens is 905 g/mol. The highest BCUT2D eigenvalue weighted by atomic mass is 79.9. The molecule has 0 bridgehead atoms. The molecule has 69 heavy (non-hydrogen) atoms. The summed E-state index contributed by atoms with van der Waals surface area (Å²) in [6.07, 6.45) is 4.33. The fourth-order valence-electron chi connectivity index (χ4n) is 9.86. The van der Waals surface area contributed by atoms with Crippen LogP contribution in [0, 0.1) is 0 Å². The Morgan fingerprint density at radius 2 is 0.797 bits per heavy atom. The average Bonchev–Trinajstić information content (AvgIpc) is 4.22. The molecule has 0 radical (unpaired) electrons. The van der Waals surface area contributed by atoms with E-state index in [2.05, 4.69) is 278 Å². The molecule has 14 aromatic rings. The molecule has 4 heterocycles. The second kappa shape index (κ2) is 18.2. The van der Waals surface area contributed by atoms with E-state index >= 15 is 0 Å². The van der Waals surface area contributed by atoms with Crippen molar-refractivity contribution in [1.82, 2.24) is 18.7 Å². The maximum Gasteiger partial charge on any atom is 0.0635 e. The number of para-hydroxylation sites is 4. The second-order valence-corrected chi connectivity index (χ2v) is 18.1. The van der Waals surface area contributed by atoms with Gasteiger partial charge in [0.05, 0.1) is 27.6 Å². The predicted molar refractivity (Wildman–Crippen MR) is 295 cm³/mol. The summed E-state index contributed by atoms with van der Waals surface area (Å²) in [5, 5.41) is 7.64. The maximum atomic E-state index is 3.57. The van der Waals surface area contributed by atoms with Gasteiger partial charge in [-0.2, -0.15) is 0 Å². The molecule has 0 aliphatic carbocycles. The van der Waals surface area contributed by atoms with Gasteiger partial charge in [0, 0.05) is 71.8 Å². The third-order valence-corrected chi connectivity index (χ3v) is 13.6. The van der Waals surface area contributed by atoms with Gasteiger partial charge in [0.1, 0.15) is 0 Å². The topological polar surface area (TPSA) is 30.6 Å². The Kier molecular flexibility index (Phi) is 11.0. The SMILES string of the molecule is Brc1cccc(-c2ccccc2)c1.c1ccc(-c2cccc(-n3c4ccccc4c4ccc5c(ccn5-c5ccccc5)c43)c2)cc1.c1ccc(-n2ccc3c4[nH]c5ccccc5c4ccc32)cc1. The molecule has 1 N–H and O–H groups in total. The first-order valence-corrected chi connectivity index (χ1v) is 24.1. The number of rotatable bonds is 5. The summed E-state index contributed by atoms with van der Waals surface area (Å²) >= 11 is 3.46. The lowest BCUT2D eigenvalue weighted by molar-refractivity contribution is 1.13. The monoisotopic (exact) mass is 948 g/mol. The average molecular weight is 950 g/mol. The Hall–Kier alpha value is -8.64. The molecule has 328 valence electrons. The molecule has 0 aliphatic rings. The lowest BCUT2D eigenvalue weighted by atomic mass is 10.1. The summed E-state index contributed by atoms with van der Waals surface area (Å²) in [5.41, 5.74) is 15.8. The van der Waals surface area contributed by atoms with E-state index < -0.39 is 0 Å². The summed E-state index contributed by atoms with van der Waals surface area (Å²) in [5.74, 6) is 0. The smallest absolute Gasteiger partial charge is 0.0635 e. The van der Waals surface area contributed by atoms with E-state index in [1.165, 1.54) is 105 Å². The molecular formula is C64H45BrN4. The highest BCUT2D eigenvalue weighted by Gasteiger charge is 2.17. The second-order valence-electron chi connectivity index (χ2n) is 17.2. The van der Waals surface area contributed by atoms with Crippen molar-refractivity contribution in [2.24, 2.45) is 0 Å². The van der Waals surface area contributed by atoms with E-state index in [4.69, 9.17) is 0 Å². The Bertz CT molecular complexity index is 4070. The molecule has 0 fully saturated rings. The van der Waals surface area contributed by atoms with Gasteiger partial charge >= 0.3 is 0 Å². The molecule has 4 nitrogen and oxygen atoms in total. The zero-order chi connectivity index (χ0) is 46.1. The third-order valence-electron chi connectivity index (χ3n) is 13.1. The van der Waals surface area contributed by atoms with Crippen LogP contribution in [0.25, 0.3) is 105 Å². The zero-order valence-electron chi connectivity index (χ0n) is 37.6. The van der Waals surface area contributed by atoms with E-state index in [0.29, 0.717) is 0 Å². The molecule has 10 aromatic carbocycles. The summed E-state index contributed by atoms with van der Waals surface area (Å²) in [6, 6.07) is 89.7. The first-order chi connectivity index (χ1) is 34.2. The number of fused-ring (bicyclic) bond motifs is 10. The number of hydrogen-bond acceptors (Lipinski definition) is 0. The first kappa shape index (κ1) is 41.8. The number of aromatic amines is 1. The van der Waals surface area contributed by atoms with Gasteiger partial charge < -0.3 is 18.7 Å². The number of benzene rings is 10. The summed E-state index contributed by atoms with van der Waals surface area (Å²) in [7, 11) is 0. The van der Waals surface area contributed by atoms with E-state index in [-0.39, 0.29) is 0 Å². The van der Waals surface area contributed by atoms with Gasteiger partial charge in [-0.15, -0.1) is 0 Å². The van der Waals surface area contributed by atoms with Crippen molar-refractivity contribution in [2.45, 2.75) is 0 Å². The number of nitrogens with one attached hydrogen (secondary N) is 1. The van der Waals surface area contributed by atoms with Crippen molar-refractivity contribution in [2.75, 3.05) is 0 Å². The van der Waals surface area contributed by atoms with Gasteiger partial charge in [-0.25, -0.2) is 0 Å². The van der Waals surface area contributed by atoms with Crippen LogP contribution >= 0.6 is 15.9 Å². The molecule has 0 atom stereocenters. The van der Waals surface area contributed by atoms with Crippen molar-refractivity contribution in [3.63, 3.8) is 0 Å². The van der Waals surface area contributed by atoms with Gasteiger partial charge in [0.2, 0.25) is 0 Å². The zero-order valence-corrected chi connectivity index (χ0v) is 39.2. The van der Waals surface area contributed by atoms with Crippen molar-refractivity contribution >= 4 is 81.3 Å². The molecule has 14 rings (SSSR count). The highest BCUT2D eigenvalue weighted by Crippen LogP contribution is 2.39. The number of nitrogens with zero attached hydrogens (tertiary/aromatic N) is 3. The number of H-pyrrole nitrogens is 1. The fourth-order valence-corrected chi connectivity index (χ4v) is 10.3. The number of hydrogen-bond donors (Lipinski definition) is 1. The predicted octanol–water partition coefficient (Wildman–Crippen LogP) is 17.8. The summed E-state index contributed by atoms with van der Waals surface area (Å²) in [6.45, 7) is 0. The molecule has 0 saturated carbocycles. The fraction of sp³-hybridized carbons (Fsp3) is 0. The first-order valence-electron chi connectivity index (χ1n) is 23.3. The van der Waals surface area contributed by atoms with Crippen LogP contribution in [-0.2, 0) is 0 Å². The van der Waals surface area contributed by atoms with Crippen LogP contribution in [0.4, 0.5) is 0 Å². The van der Waals surface area contributed by atoms with Crippen LogP contribution in [0.5, 0.6) is 0 Å². The molecule has 5 heteroatoms. The molecule has 0 unspecified atom stereocenters. The van der Waals surface area contributed by atoms with Gasteiger partial charge in [0.15, 0.2) is 0 Å². The summed E-state index contributed by atoms with van der Waals surface area (Å²) in [4.78, 5) is 3.57. The molecule has 4 aromatic heterocycles. The van der Waals surface area contributed by atoms with Crippen LogP contribution in [0.2, 0.25) is 0 Å². The van der Waals surface area contributed by atoms with Crippen molar-refractivity contribution in [1.29, 1.82) is 0 Å². The largest absolute Gasteiger partial charge is 0.354 e. The van der Waals surface area contributed by atoms with E-state index in [9.17, 15) is 0 Å². The maximum absolute atomic E-state index is 3.57. The van der Waals surface area contributed by atoms with Gasteiger partial charge in [0.25, 0.3) is 0 Å². The Morgan fingerprint density at radius 3 is 1.45 bits per heavy atom. The summed E-state index contributed by atoms with van der Waals surface area (Å²) < 4.78 is 8.06. The molecule has 0 aliphatic heterocycles. The highest BCUT2D eigenvalue weighted by molar-refractivity contribution is 9.10. The lowest BCUT2D eigenvalue weighted by Gasteiger charge is -2.11. The van der Waals surface area contributed by atoms with Crippen molar-refractivity contribution in [3.8, 4) is 39.3 Å². The van der Waals surface area contributed by atoms with Crippen LogP contribution in [0.1, 0.15) is 0 Å². The lowest BCUT2D eigenvalue weighted by Crippen LogP contribution is -1.95. The Balaban J connectivity index is 0.000000120. The van der Waals surface area contributed by atoms with Crippen LogP contribution in [0.15, 0.2) is 272 Å². The molecule has 0 amide bonds. The Labute approximate surface area is 408 Å². The molecule has 0 spiro atoms. The molecule has 0 saturated heterocycles. The van der Waals surface area contributed by atoms with Gasteiger partial charge in [-0.3, -0.25) is 0 Å². The van der Waals surface area contributed by atoms with E-state index in [1.54, 1.807) is 0 Å². The van der Waals surface area contributed by atoms with E-state index in [0.717, 1.165) is 4.47 Å². The minimum atomic E-state index is 1.12. The minimum Gasteiger partial charge on any atom is -0.354 e. The number of aromatic nitrogens is 4. The Morgan fingerprint density at radius 1 is 0.304 bits per heavy atom.